The number of ether oxygens (including phenoxy) is 2. The van der Waals surface area contributed by atoms with Crippen LogP contribution in [0.4, 0.5) is 15.8 Å². The molecule has 2 N–H and O–H groups in total. The molecule has 2 aromatic rings. The molecular weight excluding hydrogens is 339 g/mol. The Labute approximate surface area is 151 Å². The van der Waals surface area contributed by atoms with Gasteiger partial charge in [-0.3, -0.25) is 9.59 Å². The molecule has 26 heavy (non-hydrogen) atoms. The Morgan fingerprint density at radius 3 is 2.31 bits per heavy atom. The van der Waals surface area contributed by atoms with Crippen LogP contribution >= 0.6 is 0 Å². The molecule has 6 nitrogen and oxygen atoms in total. The van der Waals surface area contributed by atoms with Crippen molar-refractivity contribution in [1.82, 2.24) is 0 Å². The minimum atomic E-state index is -0.608. The van der Waals surface area contributed by atoms with E-state index in [1.54, 1.807) is 18.2 Å². The first-order valence-electron chi connectivity index (χ1n) is 8.22. The molecule has 0 spiro atoms. The maximum absolute atomic E-state index is 14.0. The third-order valence-corrected chi connectivity index (χ3v) is 3.34. The molecule has 138 valence electrons. The maximum atomic E-state index is 14.0. The fourth-order valence-corrected chi connectivity index (χ4v) is 2.29. The van der Waals surface area contributed by atoms with Gasteiger partial charge in [-0.25, -0.2) is 4.39 Å². The fraction of sp³-hybridized carbons (Fsp3) is 0.263. The molecule has 0 atom stereocenters. The fourth-order valence-electron chi connectivity index (χ4n) is 2.29. The number of amides is 2. The smallest absolute Gasteiger partial charge is 0.255 e. The molecule has 0 aliphatic rings. The Morgan fingerprint density at radius 2 is 1.65 bits per heavy atom. The van der Waals surface area contributed by atoms with Gasteiger partial charge in [0.25, 0.3) is 5.91 Å². The van der Waals surface area contributed by atoms with Crippen LogP contribution in [0.2, 0.25) is 0 Å². The number of carbonyl (C=O) groups excluding carboxylic acids is 2. The molecule has 0 saturated heterocycles. The highest BCUT2D eigenvalue weighted by Crippen LogP contribution is 2.29. The summed E-state index contributed by atoms with van der Waals surface area (Å²) in [6, 6.07) is 8.68. The largest absolute Gasteiger partial charge is 0.490 e. The molecule has 2 amide bonds. The van der Waals surface area contributed by atoms with E-state index in [1.807, 2.05) is 13.8 Å². The van der Waals surface area contributed by atoms with Gasteiger partial charge in [-0.05, 0) is 50.2 Å². The number of hydrogen-bond donors (Lipinski definition) is 2. The molecule has 2 aromatic carbocycles. The lowest BCUT2D eigenvalue weighted by Crippen LogP contribution is -2.14. The molecule has 0 unspecified atom stereocenters. The van der Waals surface area contributed by atoms with E-state index >= 15 is 0 Å². The number of anilines is 2. The van der Waals surface area contributed by atoms with Crippen LogP contribution in [-0.2, 0) is 4.79 Å². The number of nitrogens with one attached hydrogen (secondary N) is 2. The Kier molecular flexibility index (Phi) is 6.54. The summed E-state index contributed by atoms with van der Waals surface area (Å²) in [5.74, 6) is -0.433. The number of rotatable bonds is 7. The Balaban J connectivity index is 2.24. The van der Waals surface area contributed by atoms with Crippen LogP contribution in [-0.4, -0.2) is 25.0 Å². The lowest BCUT2D eigenvalue weighted by Gasteiger charge is -2.13. The van der Waals surface area contributed by atoms with Crippen molar-refractivity contribution in [1.29, 1.82) is 0 Å². The normalized spacial score (nSPS) is 10.2. The van der Waals surface area contributed by atoms with Crippen molar-refractivity contribution in [3.63, 3.8) is 0 Å². The topological polar surface area (TPSA) is 76.7 Å². The van der Waals surface area contributed by atoms with Crippen LogP contribution in [0.5, 0.6) is 11.5 Å². The van der Waals surface area contributed by atoms with E-state index in [0.29, 0.717) is 36.0 Å². The SMILES string of the molecule is CCOc1ccc(C(=O)Nc2cc(NC(C)=O)ccc2F)cc1OCC. The van der Waals surface area contributed by atoms with Crippen molar-refractivity contribution >= 4 is 23.2 Å². The first-order valence-corrected chi connectivity index (χ1v) is 8.22. The summed E-state index contributed by atoms with van der Waals surface area (Å²) < 4.78 is 24.9. The van der Waals surface area contributed by atoms with Crippen molar-refractivity contribution < 1.29 is 23.5 Å². The average Bonchev–Trinajstić information content (AvgIpc) is 2.59. The van der Waals surface area contributed by atoms with Crippen LogP contribution < -0.4 is 20.1 Å². The van der Waals surface area contributed by atoms with Gasteiger partial charge in [0.1, 0.15) is 5.82 Å². The second-order valence-electron chi connectivity index (χ2n) is 5.36. The van der Waals surface area contributed by atoms with E-state index in [-0.39, 0.29) is 11.6 Å². The summed E-state index contributed by atoms with van der Waals surface area (Å²) in [6.45, 7) is 5.90. The standard InChI is InChI=1S/C19H21FN2O4/c1-4-25-17-9-6-13(10-18(17)26-5-2)19(24)22-16-11-14(21-12(3)23)7-8-15(16)20/h6-11H,4-5H2,1-3H3,(H,21,23)(H,22,24). The molecule has 0 heterocycles. The van der Waals surface area contributed by atoms with Gasteiger partial charge in [0, 0.05) is 18.2 Å². The zero-order valence-electron chi connectivity index (χ0n) is 14.9. The average molecular weight is 360 g/mol. The quantitative estimate of drug-likeness (QED) is 0.787. The zero-order chi connectivity index (χ0) is 19.1. The summed E-state index contributed by atoms with van der Waals surface area (Å²) in [7, 11) is 0. The van der Waals surface area contributed by atoms with E-state index in [0.717, 1.165) is 0 Å². The van der Waals surface area contributed by atoms with Crippen molar-refractivity contribution in [3.05, 3.63) is 47.8 Å². The van der Waals surface area contributed by atoms with E-state index in [9.17, 15) is 14.0 Å². The predicted octanol–water partition coefficient (Wildman–Crippen LogP) is 3.83. The molecule has 0 aliphatic carbocycles. The molecule has 2 rings (SSSR count). The van der Waals surface area contributed by atoms with E-state index in [4.69, 9.17) is 9.47 Å². The van der Waals surface area contributed by atoms with Crippen LogP contribution in [0.25, 0.3) is 0 Å². The summed E-state index contributed by atoms with van der Waals surface area (Å²) in [5, 5.41) is 5.04. The van der Waals surface area contributed by atoms with Gasteiger partial charge in [-0.1, -0.05) is 0 Å². The molecule has 7 heteroatoms. The number of carbonyl (C=O) groups is 2. The highest BCUT2D eigenvalue weighted by molar-refractivity contribution is 6.05. The van der Waals surface area contributed by atoms with Gasteiger partial charge >= 0.3 is 0 Å². The molecule has 0 aliphatic heterocycles. The van der Waals surface area contributed by atoms with Crippen LogP contribution in [0, 0.1) is 5.82 Å². The van der Waals surface area contributed by atoms with Crippen molar-refractivity contribution in [2.24, 2.45) is 0 Å². The second-order valence-corrected chi connectivity index (χ2v) is 5.36. The number of hydrogen-bond acceptors (Lipinski definition) is 4. The maximum Gasteiger partial charge on any atom is 0.255 e. The molecular formula is C19H21FN2O4. The molecule has 0 fully saturated rings. The number of benzene rings is 2. The van der Waals surface area contributed by atoms with Gasteiger partial charge in [-0.2, -0.15) is 0 Å². The molecule has 0 bridgehead atoms. The number of halogens is 1. The van der Waals surface area contributed by atoms with Gasteiger partial charge < -0.3 is 20.1 Å². The monoisotopic (exact) mass is 360 g/mol. The summed E-state index contributed by atoms with van der Waals surface area (Å²) in [6.07, 6.45) is 0. The summed E-state index contributed by atoms with van der Waals surface area (Å²) in [4.78, 5) is 23.6. The molecule has 0 saturated carbocycles. The lowest BCUT2D eigenvalue weighted by atomic mass is 10.1. The van der Waals surface area contributed by atoms with E-state index in [2.05, 4.69) is 10.6 Å². The van der Waals surface area contributed by atoms with Crippen molar-refractivity contribution in [2.45, 2.75) is 20.8 Å². The van der Waals surface area contributed by atoms with Gasteiger partial charge in [0.15, 0.2) is 11.5 Å². The van der Waals surface area contributed by atoms with E-state index < -0.39 is 11.7 Å². The van der Waals surface area contributed by atoms with Gasteiger partial charge in [0.2, 0.25) is 5.91 Å². The van der Waals surface area contributed by atoms with Crippen LogP contribution in [0.15, 0.2) is 36.4 Å². The Bertz CT molecular complexity index is 808. The van der Waals surface area contributed by atoms with Crippen molar-refractivity contribution in [3.8, 4) is 11.5 Å². The minimum Gasteiger partial charge on any atom is -0.490 e. The molecule has 0 radical (unpaired) electrons. The molecule has 0 aromatic heterocycles. The van der Waals surface area contributed by atoms with Crippen LogP contribution in [0.1, 0.15) is 31.1 Å². The van der Waals surface area contributed by atoms with Gasteiger partial charge in [-0.15, -0.1) is 0 Å². The second kappa shape index (κ2) is 8.84. The van der Waals surface area contributed by atoms with E-state index in [1.165, 1.54) is 25.1 Å². The summed E-state index contributed by atoms with van der Waals surface area (Å²) >= 11 is 0. The highest BCUT2D eigenvalue weighted by Gasteiger charge is 2.14. The van der Waals surface area contributed by atoms with Crippen LogP contribution in [0.3, 0.4) is 0 Å². The summed E-state index contributed by atoms with van der Waals surface area (Å²) in [5.41, 5.74) is 0.644. The Hall–Kier alpha value is -3.09. The highest BCUT2D eigenvalue weighted by atomic mass is 19.1. The van der Waals surface area contributed by atoms with Gasteiger partial charge in [0.05, 0.1) is 18.9 Å². The third kappa shape index (κ3) is 4.95. The first kappa shape index (κ1) is 19.2. The zero-order valence-corrected chi connectivity index (χ0v) is 14.9. The Morgan fingerprint density at radius 1 is 0.962 bits per heavy atom. The van der Waals surface area contributed by atoms with Crippen molar-refractivity contribution in [2.75, 3.05) is 23.8 Å². The third-order valence-electron chi connectivity index (χ3n) is 3.34. The first-order chi connectivity index (χ1) is 12.4. The lowest BCUT2D eigenvalue weighted by molar-refractivity contribution is -0.114. The minimum absolute atomic E-state index is 0.0342. The predicted molar refractivity (Wildman–Crippen MR) is 97.4 cm³/mol.